The lowest BCUT2D eigenvalue weighted by Gasteiger charge is -2.34. The van der Waals surface area contributed by atoms with Gasteiger partial charge in [0.1, 0.15) is 5.58 Å². The van der Waals surface area contributed by atoms with Crippen molar-refractivity contribution in [3.8, 4) is 0 Å². The van der Waals surface area contributed by atoms with Crippen LogP contribution < -0.4 is 10.7 Å². The molecule has 174 valence electrons. The van der Waals surface area contributed by atoms with Gasteiger partial charge in [0.05, 0.1) is 22.5 Å². The van der Waals surface area contributed by atoms with E-state index < -0.39 is 15.9 Å². The molecule has 1 amide bonds. The van der Waals surface area contributed by atoms with Crippen molar-refractivity contribution in [1.29, 1.82) is 0 Å². The quantitative estimate of drug-likeness (QED) is 0.626. The third-order valence-corrected chi connectivity index (χ3v) is 7.55. The van der Waals surface area contributed by atoms with Crippen LogP contribution in [0.2, 0.25) is 0 Å². The molecule has 2 aromatic carbocycles. The molecule has 3 aromatic rings. The molecule has 2 heterocycles. The summed E-state index contributed by atoms with van der Waals surface area (Å²) in [6.45, 7) is 8.04. The van der Waals surface area contributed by atoms with E-state index in [4.69, 9.17) is 9.15 Å². The molecule has 2 atom stereocenters. The van der Waals surface area contributed by atoms with E-state index in [0.29, 0.717) is 16.7 Å². The van der Waals surface area contributed by atoms with Crippen LogP contribution in [-0.4, -0.2) is 43.9 Å². The topological polar surface area (TPSA) is 106 Å². The number of rotatable bonds is 4. The number of amides is 1. The third-order valence-electron chi connectivity index (χ3n) is 5.70. The van der Waals surface area contributed by atoms with Gasteiger partial charge in [0.15, 0.2) is 11.2 Å². The average Bonchev–Trinajstić information content (AvgIpc) is 2.74. The number of carbonyl (C=O) groups excluding carboxylic acids is 1. The van der Waals surface area contributed by atoms with Gasteiger partial charge in [0.2, 0.25) is 10.0 Å². The molecular weight excluding hydrogens is 444 g/mol. The highest BCUT2D eigenvalue weighted by atomic mass is 32.2. The number of ether oxygens (including phenoxy) is 1. The molecular formula is C24H26N2O6S. The zero-order valence-corrected chi connectivity index (χ0v) is 19.7. The summed E-state index contributed by atoms with van der Waals surface area (Å²) < 4.78 is 38.6. The molecule has 0 aliphatic carbocycles. The van der Waals surface area contributed by atoms with Gasteiger partial charge in [-0.3, -0.25) is 9.59 Å². The van der Waals surface area contributed by atoms with Crippen LogP contribution in [0.3, 0.4) is 0 Å². The number of nitrogens with zero attached hydrogens (tertiary/aromatic N) is 1. The molecule has 1 aliphatic heterocycles. The van der Waals surface area contributed by atoms with E-state index >= 15 is 0 Å². The average molecular weight is 471 g/mol. The normalized spacial score (nSPS) is 19.5. The molecule has 1 aliphatic rings. The Kier molecular flexibility index (Phi) is 6.13. The summed E-state index contributed by atoms with van der Waals surface area (Å²) in [6, 6.07) is 10.5. The van der Waals surface area contributed by atoms with Crippen LogP contribution in [0.4, 0.5) is 5.69 Å². The fourth-order valence-electron chi connectivity index (χ4n) is 3.90. The van der Waals surface area contributed by atoms with Gasteiger partial charge >= 0.3 is 0 Å². The summed E-state index contributed by atoms with van der Waals surface area (Å²) >= 11 is 0. The predicted molar refractivity (Wildman–Crippen MR) is 125 cm³/mol. The highest BCUT2D eigenvalue weighted by Crippen LogP contribution is 2.23. The second-order valence-electron chi connectivity index (χ2n) is 8.47. The van der Waals surface area contributed by atoms with Gasteiger partial charge in [-0.15, -0.1) is 0 Å². The zero-order chi connectivity index (χ0) is 23.9. The maximum Gasteiger partial charge on any atom is 0.291 e. The van der Waals surface area contributed by atoms with E-state index in [1.165, 1.54) is 28.6 Å². The number of morpholine rings is 1. The Balaban J connectivity index is 1.54. The first-order chi connectivity index (χ1) is 15.5. The van der Waals surface area contributed by atoms with Gasteiger partial charge in [0, 0.05) is 24.8 Å². The zero-order valence-electron chi connectivity index (χ0n) is 18.9. The number of fused-ring (bicyclic) bond motifs is 1. The number of carbonyl (C=O) groups is 1. The van der Waals surface area contributed by atoms with Gasteiger partial charge in [-0.05, 0) is 75.2 Å². The van der Waals surface area contributed by atoms with Crippen LogP contribution in [-0.2, 0) is 14.8 Å². The second kappa shape index (κ2) is 8.74. The summed E-state index contributed by atoms with van der Waals surface area (Å²) in [5.41, 5.74) is 2.32. The Morgan fingerprint density at radius 2 is 1.61 bits per heavy atom. The summed E-state index contributed by atoms with van der Waals surface area (Å²) in [4.78, 5) is 25.3. The van der Waals surface area contributed by atoms with Gasteiger partial charge < -0.3 is 14.5 Å². The molecule has 0 unspecified atom stereocenters. The van der Waals surface area contributed by atoms with Crippen LogP contribution in [0.25, 0.3) is 11.0 Å². The largest absolute Gasteiger partial charge is 0.451 e. The number of nitrogens with one attached hydrogen (secondary N) is 1. The number of aryl methyl sites for hydroxylation is 2. The first-order valence-electron chi connectivity index (χ1n) is 10.7. The highest BCUT2D eigenvalue weighted by molar-refractivity contribution is 7.89. The van der Waals surface area contributed by atoms with E-state index in [-0.39, 0.29) is 41.4 Å². The number of anilines is 1. The van der Waals surface area contributed by atoms with Crippen LogP contribution in [0.1, 0.15) is 35.5 Å². The van der Waals surface area contributed by atoms with E-state index in [1.54, 1.807) is 12.1 Å². The lowest BCUT2D eigenvalue weighted by atomic mass is 10.1. The molecule has 0 saturated carbocycles. The van der Waals surface area contributed by atoms with Crippen LogP contribution in [0.5, 0.6) is 0 Å². The minimum absolute atomic E-state index is 0.122. The minimum atomic E-state index is -3.68. The Bertz CT molecular complexity index is 1370. The van der Waals surface area contributed by atoms with Crippen molar-refractivity contribution < 1.29 is 22.4 Å². The number of hydrogen-bond acceptors (Lipinski definition) is 6. The van der Waals surface area contributed by atoms with Crippen LogP contribution in [0.15, 0.2) is 56.6 Å². The predicted octanol–water partition coefficient (Wildman–Crippen LogP) is 3.46. The lowest BCUT2D eigenvalue weighted by molar-refractivity contribution is -0.0440. The van der Waals surface area contributed by atoms with E-state index in [1.807, 2.05) is 27.7 Å². The highest BCUT2D eigenvalue weighted by Gasteiger charge is 2.32. The molecule has 1 N–H and O–H groups in total. The van der Waals surface area contributed by atoms with E-state index in [2.05, 4.69) is 5.32 Å². The molecule has 0 bridgehead atoms. The van der Waals surface area contributed by atoms with Crippen molar-refractivity contribution in [2.24, 2.45) is 0 Å². The number of sulfonamides is 1. The molecule has 1 saturated heterocycles. The fourth-order valence-corrected chi connectivity index (χ4v) is 5.49. The summed E-state index contributed by atoms with van der Waals surface area (Å²) in [7, 11) is -3.68. The third kappa shape index (κ3) is 4.71. The SMILES string of the molecule is Cc1cc2oc(C(=O)Nc3ccc(S(=O)(=O)N4C[C@@H](C)O[C@@H](C)C4)cc3)cc(=O)c2cc1C. The molecule has 4 rings (SSSR count). The second-order valence-corrected chi connectivity index (χ2v) is 10.4. The molecule has 1 fully saturated rings. The lowest BCUT2D eigenvalue weighted by Crippen LogP contribution is -2.48. The van der Waals surface area contributed by atoms with Crippen molar-refractivity contribution in [1.82, 2.24) is 4.31 Å². The fraction of sp³-hybridized carbons (Fsp3) is 0.333. The van der Waals surface area contributed by atoms with Crippen LogP contribution in [0, 0.1) is 13.8 Å². The van der Waals surface area contributed by atoms with Gasteiger partial charge in [-0.25, -0.2) is 8.42 Å². The number of hydrogen-bond donors (Lipinski definition) is 1. The van der Waals surface area contributed by atoms with E-state index in [0.717, 1.165) is 17.2 Å². The van der Waals surface area contributed by atoms with E-state index in [9.17, 15) is 18.0 Å². The Morgan fingerprint density at radius 3 is 2.24 bits per heavy atom. The molecule has 8 nitrogen and oxygen atoms in total. The van der Waals surface area contributed by atoms with Crippen molar-refractivity contribution in [2.75, 3.05) is 18.4 Å². The molecule has 0 radical (unpaired) electrons. The first-order valence-corrected chi connectivity index (χ1v) is 12.1. The van der Waals surface area contributed by atoms with Crippen molar-refractivity contribution in [2.45, 2.75) is 44.8 Å². The standard InChI is InChI=1S/C24H26N2O6S/c1-14-9-20-21(27)11-23(32-22(20)10-15(14)2)24(28)25-18-5-7-19(8-6-18)33(29,30)26-12-16(3)31-17(4)13-26/h5-11,16-17H,12-13H2,1-4H3,(H,25,28)/t16-,17+. The summed E-state index contributed by atoms with van der Waals surface area (Å²) in [5.74, 6) is -0.720. The maximum atomic E-state index is 13.0. The molecule has 9 heteroatoms. The Labute approximate surface area is 192 Å². The molecule has 0 spiro atoms. The monoisotopic (exact) mass is 470 g/mol. The van der Waals surface area contributed by atoms with Gasteiger partial charge in [-0.1, -0.05) is 0 Å². The van der Waals surface area contributed by atoms with Crippen molar-refractivity contribution >= 4 is 32.6 Å². The van der Waals surface area contributed by atoms with Crippen LogP contribution >= 0.6 is 0 Å². The Hall–Kier alpha value is -3.01. The van der Waals surface area contributed by atoms with Crippen molar-refractivity contribution in [3.05, 3.63) is 69.6 Å². The maximum absolute atomic E-state index is 13.0. The summed E-state index contributed by atoms with van der Waals surface area (Å²) in [5, 5.41) is 3.06. The Morgan fingerprint density at radius 1 is 1.00 bits per heavy atom. The molecule has 33 heavy (non-hydrogen) atoms. The number of benzene rings is 2. The van der Waals surface area contributed by atoms with Crippen molar-refractivity contribution in [3.63, 3.8) is 0 Å². The van der Waals surface area contributed by atoms with Gasteiger partial charge in [0.25, 0.3) is 5.91 Å². The first kappa shape index (κ1) is 23.2. The smallest absolute Gasteiger partial charge is 0.291 e. The summed E-state index contributed by atoms with van der Waals surface area (Å²) in [6.07, 6.45) is -0.377. The minimum Gasteiger partial charge on any atom is -0.451 e. The molecule has 1 aromatic heterocycles. The van der Waals surface area contributed by atoms with Gasteiger partial charge in [-0.2, -0.15) is 4.31 Å².